The van der Waals surface area contributed by atoms with Crippen LogP contribution in [-0.2, 0) is 4.79 Å². The van der Waals surface area contributed by atoms with Gasteiger partial charge in [-0.1, -0.05) is 0 Å². The largest absolute Gasteiger partial charge is 0.359 e. The molecule has 0 fully saturated rings. The van der Waals surface area contributed by atoms with Crippen LogP contribution in [-0.4, -0.2) is 36.5 Å². The molecule has 0 radical (unpaired) electrons. The van der Waals surface area contributed by atoms with Gasteiger partial charge in [0.1, 0.15) is 5.82 Å². The normalized spacial score (nSPS) is 9.73. The third-order valence-electron chi connectivity index (χ3n) is 2.01. The first-order valence-electron chi connectivity index (χ1n) is 4.60. The van der Waals surface area contributed by atoms with Crippen molar-refractivity contribution >= 4 is 11.7 Å². The van der Waals surface area contributed by atoms with Crippen molar-refractivity contribution in [3.63, 3.8) is 0 Å². The molecular weight excluding hydrogens is 196 g/mol. The van der Waals surface area contributed by atoms with E-state index >= 15 is 0 Å². The molecule has 15 heavy (non-hydrogen) atoms. The maximum atomic E-state index is 11.0. The Morgan fingerprint density at radius 2 is 2.40 bits per heavy atom. The maximum absolute atomic E-state index is 11.0. The molecule has 0 saturated carbocycles. The summed E-state index contributed by atoms with van der Waals surface area (Å²) < 4.78 is 0. The van der Waals surface area contributed by atoms with Gasteiger partial charge in [-0.3, -0.25) is 9.59 Å². The van der Waals surface area contributed by atoms with Crippen LogP contribution < -0.4 is 15.8 Å². The second kappa shape index (κ2) is 5.14. The summed E-state index contributed by atoms with van der Waals surface area (Å²) >= 11 is 0. The van der Waals surface area contributed by atoms with Crippen molar-refractivity contribution in [1.82, 2.24) is 15.3 Å². The molecule has 1 rings (SSSR count). The van der Waals surface area contributed by atoms with Gasteiger partial charge < -0.3 is 15.2 Å². The van der Waals surface area contributed by atoms with Crippen molar-refractivity contribution in [2.45, 2.75) is 6.42 Å². The Bertz CT molecular complexity index is 388. The van der Waals surface area contributed by atoms with Gasteiger partial charge in [-0.15, -0.1) is 0 Å². The molecule has 1 aromatic rings. The molecule has 1 aromatic heterocycles. The predicted molar refractivity (Wildman–Crippen MR) is 56.8 cm³/mol. The first kappa shape index (κ1) is 11.2. The van der Waals surface area contributed by atoms with E-state index in [-0.39, 0.29) is 11.5 Å². The minimum atomic E-state index is -0.202. The molecule has 0 atom stereocenters. The molecule has 2 N–H and O–H groups in total. The number of nitrogens with one attached hydrogen (secondary N) is 2. The molecule has 0 aliphatic carbocycles. The van der Waals surface area contributed by atoms with E-state index in [1.165, 1.54) is 12.4 Å². The van der Waals surface area contributed by atoms with Gasteiger partial charge in [-0.05, 0) is 0 Å². The molecule has 0 aliphatic rings. The lowest BCUT2D eigenvalue weighted by Gasteiger charge is -2.16. The van der Waals surface area contributed by atoms with E-state index < -0.39 is 0 Å². The van der Waals surface area contributed by atoms with Crippen LogP contribution in [0.15, 0.2) is 17.2 Å². The van der Waals surface area contributed by atoms with E-state index in [0.717, 1.165) is 0 Å². The summed E-state index contributed by atoms with van der Waals surface area (Å²) in [5, 5.41) is 2.53. The number of hydrogen-bond donors (Lipinski definition) is 2. The van der Waals surface area contributed by atoms with Gasteiger partial charge in [0.15, 0.2) is 0 Å². The number of nitrogens with zero attached hydrogens (tertiary/aromatic N) is 2. The Kier molecular flexibility index (Phi) is 3.84. The first-order valence-corrected chi connectivity index (χ1v) is 4.60. The monoisotopic (exact) mass is 210 g/mol. The average molecular weight is 210 g/mol. The van der Waals surface area contributed by atoms with Gasteiger partial charge in [0, 0.05) is 33.1 Å². The minimum Gasteiger partial charge on any atom is -0.359 e. The maximum Gasteiger partial charge on any atom is 0.252 e. The smallest absolute Gasteiger partial charge is 0.252 e. The molecule has 0 saturated heterocycles. The molecule has 0 spiro atoms. The number of hydrogen-bond acceptors (Lipinski definition) is 4. The second-order valence-electron chi connectivity index (χ2n) is 3.11. The van der Waals surface area contributed by atoms with Crippen molar-refractivity contribution in [3.8, 4) is 0 Å². The lowest BCUT2D eigenvalue weighted by Crippen LogP contribution is -2.27. The fourth-order valence-corrected chi connectivity index (χ4v) is 1.08. The zero-order chi connectivity index (χ0) is 11.3. The van der Waals surface area contributed by atoms with Gasteiger partial charge in [0.05, 0.1) is 6.33 Å². The first-order chi connectivity index (χ1) is 7.13. The van der Waals surface area contributed by atoms with Crippen LogP contribution in [0.1, 0.15) is 6.42 Å². The summed E-state index contributed by atoms with van der Waals surface area (Å²) in [6.07, 6.45) is 1.72. The standard InChI is InChI=1S/C9H14N4O2/c1-10-8(14)3-4-13(2)7-5-9(15)12-6-11-7/h5-6H,3-4H2,1-2H3,(H,10,14)(H,11,12,15). The SMILES string of the molecule is CNC(=O)CCN(C)c1cc(=O)[nH]cn1. The number of carbonyl (C=O) groups is 1. The summed E-state index contributed by atoms with van der Waals surface area (Å²) in [6, 6.07) is 1.39. The summed E-state index contributed by atoms with van der Waals surface area (Å²) in [4.78, 5) is 30.1. The summed E-state index contributed by atoms with van der Waals surface area (Å²) in [5.41, 5.74) is -0.202. The molecular formula is C9H14N4O2. The highest BCUT2D eigenvalue weighted by molar-refractivity contribution is 5.76. The Labute approximate surface area is 87.3 Å². The molecule has 1 amide bonds. The van der Waals surface area contributed by atoms with Crippen molar-refractivity contribution in [2.24, 2.45) is 0 Å². The van der Waals surface area contributed by atoms with Crippen LogP contribution in [0.2, 0.25) is 0 Å². The van der Waals surface area contributed by atoms with Crippen LogP contribution in [0.3, 0.4) is 0 Å². The Balaban J connectivity index is 2.57. The van der Waals surface area contributed by atoms with Crippen LogP contribution in [0.4, 0.5) is 5.82 Å². The van der Waals surface area contributed by atoms with Crippen LogP contribution >= 0.6 is 0 Å². The van der Waals surface area contributed by atoms with E-state index in [9.17, 15) is 9.59 Å². The number of carbonyl (C=O) groups excluding carboxylic acids is 1. The van der Waals surface area contributed by atoms with Gasteiger partial charge in [-0.25, -0.2) is 4.98 Å². The van der Waals surface area contributed by atoms with E-state index in [1.807, 2.05) is 0 Å². The lowest BCUT2D eigenvalue weighted by atomic mass is 10.3. The zero-order valence-corrected chi connectivity index (χ0v) is 8.78. The topological polar surface area (TPSA) is 78.1 Å². The Morgan fingerprint density at radius 1 is 1.67 bits per heavy atom. The molecule has 0 aliphatic heterocycles. The van der Waals surface area contributed by atoms with Crippen molar-refractivity contribution in [1.29, 1.82) is 0 Å². The fourth-order valence-electron chi connectivity index (χ4n) is 1.08. The molecule has 0 aromatic carbocycles. The summed E-state index contributed by atoms with van der Waals surface area (Å²) in [6.45, 7) is 0.524. The van der Waals surface area contributed by atoms with Crippen molar-refractivity contribution < 1.29 is 4.79 Å². The third-order valence-corrected chi connectivity index (χ3v) is 2.01. The van der Waals surface area contributed by atoms with Gasteiger partial charge >= 0.3 is 0 Å². The van der Waals surface area contributed by atoms with Crippen LogP contribution in [0.5, 0.6) is 0 Å². The zero-order valence-electron chi connectivity index (χ0n) is 8.78. The van der Waals surface area contributed by atoms with E-state index in [4.69, 9.17) is 0 Å². The average Bonchev–Trinajstić information content (AvgIpc) is 2.25. The fraction of sp³-hybridized carbons (Fsp3) is 0.444. The Hall–Kier alpha value is -1.85. The molecule has 0 unspecified atom stereocenters. The highest BCUT2D eigenvalue weighted by Crippen LogP contribution is 2.03. The molecule has 82 valence electrons. The lowest BCUT2D eigenvalue weighted by molar-refractivity contribution is -0.120. The van der Waals surface area contributed by atoms with Gasteiger partial charge in [0.25, 0.3) is 5.56 Å². The van der Waals surface area contributed by atoms with Crippen LogP contribution in [0.25, 0.3) is 0 Å². The number of rotatable bonds is 4. The number of H-pyrrole nitrogens is 1. The van der Waals surface area contributed by atoms with Crippen molar-refractivity contribution in [2.75, 3.05) is 25.5 Å². The highest BCUT2D eigenvalue weighted by atomic mass is 16.1. The number of aromatic nitrogens is 2. The van der Waals surface area contributed by atoms with Gasteiger partial charge in [-0.2, -0.15) is 0 Å². The molecule has 6 heteroatoms. The molecule has 1 heterocycles. The summed E-state index contributed by atoms with van der Waals surface area (Å²) in [5.74, 6) is 0.523. The van der Waals surface area contributed by atoms with E-state index in [2.05, 4.69) is 15.3 Å². The van der Waals surface area contributed by atoms with E-state index in [0.29, 0.717) is 18.8 Å². The minimum absolute atomic E-state index is 0.0355. The predicted octanol–water partition coefficient (Wildman–Crippen LogP) is -0.658. The quantitative estimate of drug-likeness (QED) is 0.691. The van der Waals surface area contributed by atoms with Crippen molar-refractivity contribution in [3.05, 3.63) is 22.7 Å². The van der Waals surface area contributed by atoms with Gasteiger partial charge in [0.2, 0.25) is 5.91 Å². The van der Waals surface area contributed by atoms with E-state index in [1.54, 1.807) is 19.0 Å². The molecule has 0 bridgehead atoms. The number of anilines is 1. The summed E-state index contributed by atoms with van der Waals surface area (Å²) in [7, 11) is 3.37. The van der Waals surface area contributed by atoms with Crippen LogP contribution in [0, 0.1) is 0 Å². The molecule has 6 nitrogen and oxygen atoms in total. The Morgan fingerprint density at radius 3 is 3.00 bits per heavy atom. The second-order valence-corrected chi connectivity index (χ2v) is 3.11. The third kappa shape index (κ3) is 3.41. The number of aromatic amines is 1. The highest BCUT2D eigenvalue weighted by Gasteiger charge is 2.05. The number of amides is 1.